The van der Waals surface area contributed by atoms with Crippen LogP contribution in [0.2, 0.25) is 0 Å². The number of aliphatic imine (C=N–C) groups is 1. The maximum absolute atomic E-state index is 14.6. The Morgan fingerprint density at radius 3 is 2.35 bits per heavy atom. The SMILES string of the molecule is COc1cc(CNC(=O)[C@]2(Cc3ccccc3N=[N+]=[N-])N=C(c3ccc(OCCCO)cc3)O[C@@H]2c2ccccc2)cc(OC)c1. The average Bonchev–Trinajstić information content (AvgIpc) is 3.49. The Morgan fingerprint density at radius 2 is 1.67 bits per heavy atom. The summed E-state index contributed by atoms with van der Waals surface area (Å²) >= 11 is 0. The van der Waals surface area contributed by atoms with Crippen LogP contribution in [0.4, 0.5) is 5.69 Å². The maximum atomic E-state index is 14.6. The van der Waals surface area contributed by atoms with Gasteiger partial charge in [0.05, 0.1) is 20.8 Å². The molecule has 1 aliphatic rings. The highest BCUT2D eigenvalue weighted by molar-refractivity contribution is 6.01. The van der Waals surface area contributed by atoms with E-state index in [4.69, 9.17) is 29.0 Å². The second kappa shape index (κ2) is 15.0. The summed E-state index contributed by atoms with van der Waals surface area (Å²) in [5, 5.41) is 16.0. The van der Waals surface area contributed by atoms with E-state index in [9.17, 15) is 10.3 Å². The van der Waals surface area contributed by atoms with Gasteiger partial charge in [-0.15, -0.1) is 0 Å². The largest absolute Gasteiger partial charge is 0.497 e. The van der Waals surface area contributed by atoms with Crippen molar-refractivity contribution in [1.82, 2.24) is 5.32 Å². The van der Waals surface area contributed by atoms with Crippen molar-refractivity contribution in [2.45, 2.75) is 31.0 Å². The lowest BCUT2D eigenvalue weighted by atomic mass is 9.81. The van der Waals surface area contributed by atoms with E-state index in [2.05, 4.69) is 15.3 Å². The summed E-state index contributed by atoms with van der Waals surface area (Å²) in [5.41, 5.74) is 11.0. The van der Waals surface area contributed by atoms with Crippen molar-refractivity contribution in [1.29, 1.82) is 0 Å². The van der Waals surface area contributed by atoms with Crippen molar-refractivity contribution in [2.24, 2.45) is 10.1 Å². The van der Waals surface area contributed by atoms with E-state index in [1.165, 1.54) is 0 Å². The van der Waals surface area contributed by atoms with Crippen LogP contribution in [0.3, 0.4) is 0 Å². The van der Waals surface area contributed by atoms with Crippen LogP contribution in [0.25, 0.3) is 10.4 Å². The highest BCUT2D eigenvalue weighted by Crippen LogP contribution is 2.43. The molecular weight excluding hydrogens is 586 g/mol. The van der Waals surface area contributed by atoms with Crippen LogP contribution < -0.4 is 19.5 Å². The Kier molecular flexibility index (Phi) is 10.4. The normalized spacial score (nSPS) is 16.8. The number of rotatable bonds is 14. The number of azide groups is 1. The third-order valence-corrected chi connectivity index (χ3v) is 7.60. The van der Waals surface area contributed by atoms with E-state index >= 15 is 0 Å². The van der Waals surface area contributed by atoms with Gasteiger partial charge in [0.25, 0.3) is 5.91 Å². The van der Waals surface area contributed by atoms with E-state index in [-0.39, 0.29) is 31.4 Å². The molecule has 5 rings (SSSR count). The molecule has 0 radical (unpaired) electrons. The van der Waals surface area contributed by atoms with Gasteiger partial charge in [-0.1, -0.05) is 59.7 Å². The number of amides is 1. The van der Waals surface area contributed by atoms with E-state index in [1.54, 1.807) is 44.6 Å². The molecule has 1 aliphatic heterocycles. The minimum absolute atomic E-state index is 0.0436. The van der Waals surface area contributed by atoms with Gasteiger partial charge < -0.3 is 29.4 Å². The monoisotopic (exact) mass is 621 g/mol. The first-order valence-electron chi connectivity index (χ1n) is 14.8. The minimum atomic E-state index is -1.49. The Bertz CT molecular complexity index is 1700. The summed E-state index contributed by atoms with van der Waals surface area (Å²) in [7, 11) is 3.13. The number of ether oxygens (including phenoxy) is 4. The van der Waals surface area contributed by atoms with E-state index in [1.807, 2.05) is 66.7 Å². The van der Waals surface area contributed by atoms with Gasteiger partial charge in [0.2, 0.25) is 5.90 Å². The second-order valence-electron chi connectivity index (χ2n) is 10.6. The zero-order valence-corrected chi connectivity index (χ0v) is 25.6. The lowest BCUT2D eigenvalue weighted by Crippen LogP contribution is -2.49. The summed E-state index contributed by atoms with van der Waals surface area (Å²) < 4.78 is 23.1. The first kappa shape index (κ1) is 31.9. The molecule has 11 heteroatoms. The molecule has 0 saturated heterocycles. The molecule has 0 spiro atoms. The van der Waals surface area contributed by atoms with Crippen LogP contribution in [0.1, 0.15) is 34.8 Å². The predicted octanol–water partition coefficient (Wildman–Crippen LogP) is 6.22. The molecule has 236 valence electrons. The van der Waals surface area contributed by atoms with Crippen molar-refractivity contribution in [3.63, 3.8) is 0 Å². The number of carbonyl (C=O) groups excluding carboxylic acids is 1. The summed E-state index contributed by atoms with van der Waals surface area (Å²) in [5.74, 6) is 1.73. The number of hydrogen-bond acceptors (Lipinski definition) is 8. The molecular formula is C35H35N5O6. The Morgan fingerprint density at radius 1 is 0.978 bits per heavy atom. The zero-order chi connectivity index (χ0) is 32.4. The third-order valence-electron chi connectivity index (χ3n) is 7.60. The van der Waals surface area contributed by atoms with Crippen molar-refractivity contribution in [3.05, 3.63) is 130 Å². The topological polar surface area (TPSA) is 147 Å². The lowest BCUT2D eigenvalue weighted by molar-refractivity contribution is -0.129. The number of nitrogens with zero attached hydrogens (tertiary/aromatic N) is 4. The highest BCUT2D eigenvalue weighted by Gasteiger charge is 2.53. The van der Waals surface area contributed by atoms with Crippen LogP contribution >= 0.6 is 0 Å². The molecule has 11 nitrogen and oxygen atoms in total. The van der Waals surface area contributed by atoms with E-state index in [0.29, 0.717) is 47.1 Å². The van der Waals surface area contributed by atoms with E-state index in [0.717, 1.165) is 11.1 Å². The molecule has 2 atom stereocenters. The molecule has 0 bridgehead atoms. The zero-order valence-electron chi connectivity index (χ0n) is 25.6. The Hall–Kier alpha value is -5.51. The Labute approximate surface area is 267 Å². The van der Waals surface area contributed by atoms with Crippen LogP contribution in [-0.4, -0.2) is 49.9 Å². The second-order valence-corrected chi connectivity index (χ2v) is 10.6. The molecule has 4 aromatic rings. The van der Waals surface area contributed by atoms with Crippen molar-refractivity contribution >= 4 is 17.5 Å². The fraction of sp³-hybridized carbons (Fsp3) is 0.257. The summed E-state index contributed by atoms with van der Waals surface area (Å²) in [4.78, 5) is 22.6. The van der Waals surface area contributed by atoms with Crippen molar-refractivity contribution in [3.8, 4) is 17.2 Å². The van der Waals surface area contributed by atoms with Crippen LogP contribution in [0, 0.1) is 0 Å². The van der Waals surface area contributed by atoms with Gasteiger partial charge in [-0.3, -0.25) is 4.79 Å². The van der Waals surface area contributed by atoms with E-state index < -0.39 is 11.6 Å². The maximum Gasteiger partial charge on any atom is 0.252 e. The number of hydrogen-bond donors (Lipinski definition) is 2. The van der Waals surface area contributed by atoms with Gasteiger partial charge >= 0.3 is 0 Å². The molecule has 0 aliphatic carbocycles. The first-order chi connectivity index (χ1) is 22.5. The molecule has 0 unspecified atom stereocenters. The predicted molar refractivity (Wildman–Crippen MR) is 174 cm³/mol. The van der Waals surface area contributed by atoms with Crippen molar-refractivity contribution in [2.75, 3.05) is 27.4 Å². The van der Waals surface area contributed by atoms with Gasteiger partial charge in [0, 0.05) is 48.2 Å². The lowest BCUT2D eigenvalue weighted by Gasteiger charge is -2.31. The van der Waals surface area contributed by atoms with Crippen LogP contribution in [0.15, 0.2) is 107 Å². The molecule has 0 saturated carbocycles. The number of carbonyl (C=O) groups is 1. The molecule has 1 heterocycles. The summed E-state index contributed by atoms with van der Waals surface area (Å²) in [6, 6.07) is 29.2. The van der Waals surface area contributed by atoms with Gasteiger partial charge in [-0.05, 0) is 58.6 Å². The average molecular weight is 622 g/mol. The van der Waals surface area contributed by atoms with Gasteiger partial charge in [0.1, 0.15) is 17.2 Å². The van der Waals surface area contributed by atoms with Gasteiger partial charge in [0.15, 0.2) is 11.6 Å². The summed E-state index contributed by atoms with van der Waals surface area (Å²) in [6.45, 7) is 0.594. The fourth-order valence-electron chi connectivity index (χ4n) is 5.31. The smallest absolute Gasteiger partial charge is 0.252 e. The standard InChI is InChI=1S/C35H35N5O6/c1-43-29-19-24(20-30(21-29)44-2)23-37-34(42)35(22-27-11-6-7-12-31(27)39-40-36)32(25-9-4-3-5-10-25)46-33(38-35)26-13-15-28(16-14-26)45-18-8-17-41/h3-7,9-16,19-21,32,41H,8,17-18,22-23H2,1-2H3,(H,37,42)/t32-,35-/m1/s1. The van der Waals surface area contributed by atoms with Crippen molar-refractivity contribution < 1.29 is 28.8 Å². The molecule has 0 fully saturated rings. The van der Waals surface area contributed by atoms with Crippen LogP contribution in [0.5, 0.6) is 17.2 Å². The molecule has 1 amide bonds. The first-order valence-corrected chi connectivity index (χ1v) is 14.8. The molecule has 0 aromatic heterocycles. The van der Waals surface area contributed by atoms with Gasteiger partial charge in [-0.2, -0.15) is 0 Å². The third kappa shape index (κ3) is 7.23. The summed E-state index contributed by atoms with van der Waals surface area (Å²) in [6.07, 6.45) is -0.211. The Balaban J connectivity index is 1.58. The number of benzene rings is 4. The number of aliphatic hydroxyl groups excluding tert-OH is 1. The van der Waals surface area contributed by atoms with Gasteiger partial charge in [-0.25, -0.2) is 4.99 Å². The molecule has 4 aromatic carbocycles. The number of methoxy groups -OCH3 is 2. The molecule has 2 N–H and O–H groups in total. The highest BCUT2D eigenvalue weighted by atomic mass is 16.5. The minimum Gasteiger partial charge on any atom is -0.497 e. The van der Waals surface area contributed by atoms with Crippen LogP contribution in [-0.2, 0) is 22.5 Å². The number of aliphatic hydroxyl groups is 1. The number of nitrogens with one attached hydrogen (secondary N) is 1. The fourth-order valence-corrected chi connectivity index (χ4v) is 5.31. The quantitative estimate of drug-likeness (QED) is 0.0739. The molecule has 46 heavy (non-hydrogen) atoms.